The minimum atomic E-state index is -3.88. The van der Waals surface area contributed by atoms with Gasteiger partial charge >= 0.3 is 0 Å². The fraction of sp³-hybridized carbons (Fsp3) is 0.500. The van der Waals surface area contributed by atoms with Crippen molar-refractivity contribution in [3.8, 4) is 0 Å². The van der Waals surface area contributed by atoms with Crippen LogP contribution in [0.25, 0.3) is 0 Å². The molecule has 0 aliphatic carbocycles. The number of nitrogens with one attached hydrogen (secondary N) is 1. The summed E-state index contributed by atoms with van der Waals surface area (Å²) in [5.74, 6) is -0.318. The van der Waals surface area contributed by atoms with Gasteiger partial charge < -0.3 is 10.1 Å². The molecule has 2 rings (SSSR count). The number of hydrogen-bond acceptors (Lipinski definition) is 4. The predicted octanol–water partition coefficient (Wildman–Crippen LogP) is 2.14. The Balaban J connectivity index is 2.37. The van der Waals surface area contributed by atoms with Gasteiger partial charge in [0.15, 0.2) is 0 Å². The van der Waals surface area contributed by atoms with Gasteiger partial charge in [0, 0.05) is 22.9 Å². The molecule has 1 aliphatic rings. The van der Waals surface area contributed by atoms with Crippen LogP contribution in [0.3, 0.4) is 0 Å². The molecule has 1 fully saturated rings. The van der Waals surface area contributed by atoms with E-state index in [4.69, 9.17) is 15.4 Å². The third kappa shape index (κ3) is 3.56. The summed E-state index contributed by atoms with van der Waals surface area (Å²) < 4.78 is 28.4. The highest BCUT2D eigenvalue weighted by Gasteiger charge is 2.32. The van der Waals surface area contributed by atoms with E-state index in [0.717, 1.165) is 6.42 Å². The second-order valence-electron chi connectivity index (χ2n) is 5.69. The van der Waals surface area contributed by atoms with Crippen LogP contribution in [0.15, 0.2) is 17.0 Å². The molecule has 5 nitrogen and oxygen atoms in total. The van der Waals surface area contributed by atoms with Gasteiger partial charge in [-0.25, -0.2) is 8.42 Å². The summed E-state index contributed by atoms with van der Waals surface area (Å²) in [5.41, 5.74) is 1.12. The van der Waals surface area contributed by atoms with Crippen molar-refractivity contribution in [1.29, 1.82) is 0 Å². The maximum Gasteiger partial charge on any atom is 0.261 e. The van der Waals surface area contributed by atoms with Crippen molar-refractivity contribution in [1.82, 2.24) is 5.32 Å². The number of amides is 1. The third-order valence-electron chi connectivity index (χ3n) is 3.66. The highest BCUT2D eigenvalue weighted by atomic mass is 35.7. The number of halogens is 1. The van der Waals surface area contributed by atoms with Crippen LogP contribution in [-0.4, -0.2) is 33.1 Å². The maximum atomic E-state index is 12.4. The highest BCUT2D eigenvalue weighted by Crippen LogP contribution is 2.25. The summed E-state index contributed by atoms with van der Waals surface area (Å²) in [6.45, 7) is 6.37. The first-order valence-electron chi connectivity index (χ1n) is 6.59. The maximum absolute atomic E-state index is 12.4. The van der Waals surface area contributed by atoms with Gasteiger partial charge in [-0.1, -0.05) is 6.07 Å². The fourth-order valence-corrected chi connectivity index (χ4v) is 3.65. The average molecular weight is 332 g/mol. The molecule has 116 valence electrons. The Morgan fingerprint density at radius 2 is 2.00 bits per heavy atom. The zero-order chi connectivity index (χ0) is 15.8. The Hall–Kier alpha value is -1.11. The number of hydrogen-bond donors (Lipinski definition) is 1. The van der Waals surface area contributed by atoms with Gasteiger partial charge in [0.05, 0.1) is 17.0 Å². The second-order valence-corrected chi connectivity index (χ2v) is 8.22. The second kappa shape index (κ2) is 5.59. The number of ether oxygens (including phenoxy) is 1. The molecule has 1 saturated heterocycles. The van der Waals surface area contributed by atoms with E-state index >= 15 is 0 Å². The van der Waals surface area contributed by atoms with Gasteiger partial charge in [-0.15, -0.1) is 0 Å². The molecule has 1 amide bonds. The molecule has 1 N–H and O–H groups in total. The molecule has 0 spiro atoms. The monoisotopic (exact) mass is 331 g/mol. The summed E-state index contributed by atoms with van der Waals surface area (Å²) in [4.78, 5) is 12.4. The van der Waals surface area contributed by atoms with E-state index < -0.39 is 14.6 Å². The largest absolute Gasteiger partial charge is 0.379 e. The first-order chi connectivity index (χ1) is 9.62. The molecule has 1 atom stereocenters. The van der Waals surface area contributed by atoms with Crippen molar-refractivity contribution in [3.05, 3.63) is 28.8 Å². The molecule has 7 heteroatoms. The number of benzene rings is 1. The topological polar surface area (TPSA) is 72.5 Å². The molecule has 0 bridgehead atoms. The summed E-state index contributed by atoms with van der Waals surface area (Å²) >= 11 is 0. The van der Waals surface area contributed by atoms with Crippen molar-refractivity contribution in [2.24, 2.45) is 0 Å². The van der Waals surface area contributed by atoms with E-state index in [9.17, 15) is 13.2 Å². The summed E-state index contributed by atoms with van der Waals surface area (Å²) in [5, 5.41) is 2.91. The molecule has 1 aliphatic heterocycles. The van der Waals surface area contributed by atoms with E-state index in [-0.39, 0.29) is 10.8 Å². The lowest BCUT2D eigenvalue weighted by atomic mass is 9.99. The third-order valence-corrected chi connectivity index (χ3v) is 5.13. The van der Waals surface area contributed by atoms with Gasteiger partial charge in [-0.2, -0.15) is 0 Å². The number of carbonyl (C=O) groups is 1. The minimum Gasteiger partial charge on any atom is -0.379 e. The fourth-order valence-electron chi connectivity index (χ4n) is 2.45. The Morgan fingerprint density at radius 1 is 1.33 bits per heavy atom. The highest BCUT2D eigenvalue weighted by molar-refractivity contribution is 8.13. The predicted molar refractivity (Wildman–Crippen MR) is 80.3 cm³/mol. The average Bonchev–Trinajstić information content (AvgIpc) is 2.73. The normalized spacial score (nSPS) is 22.3. The van der Waals surface area contributed by atoms with E-state index in [0.29, 0.717) is 29.9 Å². The lowest BCUT2D eigenvalue weighted by Crippen LogP contribution is -2.46. The standard InChI is InChI=1S/C14H18ClNO4S/c1-9-6-10(2)12(21(15,18)19)7-11(9)13(17)16-14(3)4-5-20-8-14/h6-7H,4-5,8H2,1-3H3,(H,16,17). The first-order valence-corrected chi connectivity index (χ1v) is 8.89. The molecule has 0 saturated carbocycles. The Morgan fingerprint density at radius 3 is 2.52 bits per heavy atom. The van der Waals surface area contributed by atoms with Crippen LogP contribution in [0.5, 0.6) is 0 Å². The van der Waals surface area contributed by atoms with Gasteiger partial charge in [0.1, 0.15) is 0 Å². The van der Waals surface area contributed by atoms with Crippen LogP contribution < -0.4 is 5.32 Å². The molecule has 1 aromatic rings. The van der Waals surface area contributed by atoms with Gasteiger partial charge in [-0.3, -0.25) is 4.79 Å². The van der Waals surface area contributed by atoms with Crippen molar-refractivity contribution in [2.75, 3.05) is 13.2 Å². The van der Waals surface area contributed by atoms with E-state index in [1.807, 2.05) is 6.92 Å². The molecule has 1 aromatic carbocycles. The smallest absolute Gasteiger partial charge is 0.261 e. The Kier molecular flexibility index (Phi) is 4.33. The van der Waals surface area contributed by atoms with Crippen molar-refractivity contribution in [2.45, 2.75) is 37.6 Å². The lowest BCUT2D eigenvalue weighted by molar-refractivity contribution is 0.0889. The molecule has 1 heterocycles. The SMILES string of the molecule is Cc1cc(C)c(S(=O)(=O)Cl)cc1C(=O)NC1(C)CCOC1. The van der Waals surface area contributed by atoms with Crippen LogP contribution >= 0.6 is 10.7 Å². The van der Waals surface area contributed by atoms with Crippen molar-refractivity contribution in [3.63, 3.8) is 0 Å². The van der Waals surface area contributed by atoms with E-state index in [2.05, 4.69) is 5.32 Å². The Labute approximate surface area is 129 Å². The van der Waals surface area contributed by atoms with Crippen LogP contribution in [0.2, 0.25) is 0 Å². The van der Waals surface area contributed by atoms with Crippen LogP contribution in [-0.2, 0) is 13.8 Å². The molecule has 1 unspecified atom stereocenters. The van der Waals surface area contributed by atoms with Crippen molar-refractivity contribution >= 4 is 25.6 Å². The van der Waals surface area contributed by atoms with Gasteiger partial charge in [-0.05, 0) is 44.4 Å². The summed E-state index contributed by atoms with van der Waals surface area (Å²) in [6.07, 6.45) is 0.726. The first kappa shape index (κ1) is 16.3. The number of aryl methyl sites for hydroxylation is 2. The zero-order valence-electron chi connectivity index (χ0n) is 12.2. The molecule has 0 aromatic heterocycles. The van der Waals surface area contributed by atoms with Crippen LogP contribution in [0.4, 0.5) is 0 Å². The molecular formula is C14H18ClNO4S. The number of rotatable bonds is 3. The van der Waals surface area contributed by atoms with E-state index in [1.54, 1.807) is 19.9 Å². The van der Waals surface area contributed by atoms with Gasteiger partial charge in [0.2, 0.25) is 0 Å². The molecule has 21 heavy (non-hydrogen) atoms. The zero-order valence-corrected chi connectivity index (χ0v) is 13.8. The van der Waals surface area contributed by atoms with Crippen molar-refractivity contribution < 1.29 is 17.9 Å². The van der Waals surface area contributed by atoms with Gasteiger partial charge in [0.25, 0.3) is 15.0 Å². The molecular weight excluding hydrogens is 314 g/mol. The minimum absolute atomic E-state index is 0.0345. The lowest BCUT2D eigenvalue weighted by Gasteiger charge is -2.24. The summed E-state index contributed by atoms with van der Waals surface area (Å²) in [6, 6.07) is 2.99. The van der Waals surface area contributed by atoms with Crippen LogP contribution in [0.1, 0.15) is 34.8 Å². The van der Waals surface area contributed by atoms with Crippen LogP contribution in [0, 0.1) is 13.8 Å². The quantitative estimate of drug-likeness (QED) is 0.861. The Bertz CT molecular complexity index is 678. The molecule has 0 radical (unpaired) electrons. The number of carbonyl (C=O) groups excluding carboxylic acids is 1. The van der Waals surface area contributed by atoms with E-state index in [1.165, 1.54) is 6.07 Å². The summed E-state index contributed by atoms with van der Waals surface area (Å²) in [7, 11) is 1.53.